The summed E-state index contributed by atoms with van der Waals surface area (Å²) in [7, 11) is 1.68. The zero-order chi connectivity index (χ0) is 23.1. The van der Waals surface area contributed by atoms with Crippen LogP contribution in [0.25, 0.3) is 0 Å². The molecule has 2 aromatic rings. The third-order valence-corrected chi connectivity index (χ3v) is 5.31. The van der Waals surface area contributed by atoms with Gasteiger partial charge in [-0.25, -0.2) is 0 Å². The van der Waals surface area contributed by atoms with Crippen molar-refractivity contribution in [3.63, 3.8) is 0 Å². The number of anilines is 3. The molecule has 2 N–H and O–H groups in total. The highest BCUT2D eigenvalue weighted by Gasteiger charge is 2.21. The van der Waals surface area contributed by atoms with Crippen LogP contribution in [0.4, 0.5) is 22.7 Å². The lowest BCUT2D eigenvalue weighted by Gasteiger charge is -2.29. The van der Waals surface area contributed by atoms with Crippen LogP contribution in [-0.2, 0) is 14.3 Å². The molecule has 0 bridgehead atoms. The first kappa shape index (κ1) is 23.2. The number of morpholine rings is 1. The minimum atomic E-state index is -0.584. The average molecular weight is 441 g/mol. The summed E-state index contributed by atoms with van der Waals surface area (Å²) < 4.78 is 5.36. The fraction of sp³-hybridized carbons (Fsp3) is 0.364. The number of nitrogens with one attached hydrogen (secondary N) is 2. The van der Waals surface area contributed by atoms with Crippen LogP contribution < -0.4 is 15.5 Å². The Hall–Kier alpha value is -3.50. The first-order valence-electron chi connectivity index (χ1n) is 10.3. The molecule has 1 heterocycles. The van der Waals surface area contributed by atoms with Crippen molar-refractivity contribution in [3.8, 4) is 0 Å². The zero-order valence-corrected chi connectivity index (χ0v) is 18.1. The molecule has 0 aliphatic carbocycles. The highest BCUT2D eigenvalue weighted by Crippen LogP contribution is 2.19. The molecule has 10 heteroatoms. The van der Waals surface area contributed by atoms with Crippen molar-refractivity contribution in [1.29, 1.82) is 0 Å². The second-order valence-electron chi connectivity index (χ2n) is 7.58. The SMILES string of the molecule is C[C@@H](C(=O)Nc1ccc([N+](=O)[O-])cc1)N(C)CC(=O)Nc1ccc(N2CCOCC2)cc1. The van der Waals surface area contributed by atoms with E-state index in [1.54, 1.807) is 18.9 Å². The number of benzene rings is 2. The second-order valence-corrected chi connectivity index (χ2v) is 7.58. The van der Waals surface area contributed by atoms with Gasteiger partial charge in [0, 0.05) is 42.3 Å². The Kier molecular flexibility index (Phi) is 7.74. The highest BCUT2D eigenvalue weighted by molar-refractivity contribution is 5.96. The number of non-ortho nitro benzene ring substituents is 1. The topological polar surface area (TPSA) is 117 Å². The minimum Gasteiger partial charge on any atom is -0.378 e. The summed E-state index contributed by atoms with van der Waals surface area (Å²) in [5, 5.41) is 16.3. The van der Waals surface area contributed by atoms with Crippen molar-refractivity contribution in [3.05, 3.63) is 58.6 Å². The van der Waals surface area contributed by atoms with Gasteiger partial charge < -0.3 is 20.3 Å². The lowest BCUT2D eigenvalue weighted by Crippen LogP contribution is -2.43. The van der Waals surface area contributed by atoms with Gasteiger partial charge in [-0.05, 0) is 50.4 Å². The number of ether oxygens (including phenoxy) is 1. The standard InChI is InChI=1S/C22H27N5O5/c1-16(22(29)24-18-5-9-20(10-6-18)27(30)31)25(2)15-21(28)23-17-3-7-19(8-4-17)26-11-13-32-14-12-26/h3-10,16H,11-15H2,1-2H3,(H,23,28)(H,24,29)/t16-/m0/s1. The van der Waals surface area contributed by atoms with Crippen molar-refractivity contribution >= 4 is 34.6 Å². The van der Waals surface area contributed by atoms with Gasteiger partial charge in [-0.3, -0.25) is 24.6 Å². The number of nitro benzene ring substituents is 1. The lowest BCUT2D eigenvalue weighted by atomic mass is 10.2. The maximum absolute atomic E-state index is 12.5. The van der Waals surface area contributed by atoms with Gasteiger partial charge in [0.05, 0.1) is 30.7 Å². The van der Waals surface area contributed by atoms with Crippen molar-refractivity contribution < 1.29 is 19.2 Å². The predicted octanol–water partition coefficient (Wildman–Crippen LogP) is 2.33. The fourth-order valence-corrected chi connectivity index (χ4v) is 3.25. The molecule has 2 aromatic carbocycles. The Morgan fingerprint density at radius 1 is 1.06 bits per heavy atom. The third kappa shape index (κ3) is 6.25. The maximum atomic E-state index is 12.5. The number of hydrogen-bond donors (Lipinski definition) is 2. The molecule has 1 atom stereocenters. The van der Waals surface area contributed by atoms with Gasteiger partial charge >= 0.3 is 0 Å². The van der Waals surface area contributed by atoms with Crippen LogP contribution in [0.3, 0.4) is 0 Å². The van der Waals surface area contributed by atoms with Crippen molar-refractivity contribution in [1.82, 2.24) is 4.90 Å². The molecule has 10 nitrogen and oxygen atoms in total. The number of hydrogen-bond acceptors (Lipinski definition) is 7. The average Bonchev–Trinajstić information content (AvgIpc) is 2.79. The largest absolute Gasteiger partial charge is 0.378 e. The Morgan fingerprint density at radius 3 is 2.22 bits per heavy atom. The van der Waals surface area contributed by atoms with E-state index in [0.29, 0.717) is 24.6 Å². The maximum Gasteiger partial charge on any atom is 0.269 e. The van der Waals surface area contributed by atoms with E-state index in [1.165, 1.54) is 24.3 Å². The summed E-state index contributed by atoms with van der Waals surface area (Å²) in [5.74, 6) is -0.550. The number of carbonyl (C=O) groups is 2. The van der Waals surface area contributed by atoms with E-state index in [0.717, 1.165) is 18.8 Å². The van der Waals surface area contributed by atoms with E-state index in [2.05, 4.69) is 15.5 Å². The number of nitro groups is 1. The molecule has 1 saturated heterocycles. The Bertz CT molecular complexity index is 942. The van der Waals surface area contributed by atoms with Gasteiger partial charge in [0.2, 0.25) is 11.8 Å². The molecular formula is C22H27N5O5. The smallest absolute Gasteiger partial charge is 0.269 e. The summed E-state index contributed by atoms with van der Waals surface area (Å²) in [5.41, 5.74) is 2.16. The molecule has 0 aromatic heterocycles. The van der Waals surface area contributed by atoms with E-state index in [-0.39, 0.29) is 24.0 Å². The summed E-state index contributed by atoms with van der Waals surface area (Å²) in [6, 6.07) is 12.6. The molecule has 0 spiro atoms. The van der Waals surface area contributed by atoms with Gasteiger partial charge in [0.25, 0.3) is 5.69 Å². The number of amides is 2. The van der Waals surface area contributed by atoms with Gasteiger partial charge in [-0.1, -0.05) is 0 Å². The number of rotatable bonds is 8. The lowest BCUT2D eigenvalue weighted by molar-refractivity contribution is -0.384. The molecule has 0 unspecified atom stereocenters. The van der Waals surface area contributed by atoms with E-state index in [4.69, 9.17) is 4.74 Å². The van der Waals surface area contributed by atoms with Crippen LogP contribution in [0.5, 0.6) is 0 Å². The molecule has 32 heavy (non-hydrogen) atoms. The molecule has 0 radical (unpaired) electrons. The number of carbonyl (C=O) groups excluding carboxylic acids is 2. The number of likely N-dealkylation sites (N-methyl/N-ethyl adjacent to an activating group) is 1. The van der Waals surface area contributed by atoms with Crippen molar-refractivity contribution in [2.24, 2.45) is 0 Å². The Balaban J connectivity index is 1.48. The van der Waals surface area contributed by atoms with Crippen LogP contribution in [0.2, 0.25) is 0 Å². The quantitative estimate of drug-likeness (QED) is 0.477. The molecule has 1 fully saturated rings. The molecular weight excluding hydrogens is 414 g/mol. The van der Waals surface area contributed by atoms with Gasteiger partial charge in [0.15, 0.2) is 0 Å². The first-order valence-corrected chi connectivity index (χ1v) is 10.3. The molecule has 0 saturated carbocycles. The van der Waals surface area contributed by atoms with Gasteiger partial charge in [0.1, 0.15) is 0 Å². The van der Waals surface area contributed by atoms with Crippen LogP contribution >= 0.6 is 0 Å². The molecule has 3 rings (SSSR count). The highest BCUT2D eigenvalue weighted by atomic mass is 16.6. The number of nitrogens with zero attached hydrogens (tertiary/aromatic N) is 3. The van der Waals surface area contributed by atoms with Crippen LogP contribution in [0.15, 0.2) is 48.5 Å². The normalized spacial score (nSPS) is 14.7. The zero-order valence-electron chi connectivity index (χ0n) is 18.1. The summed E-state index contributed by atoms with van der Waals surface area (Å²) in [6.45, 7) is 4.82. The molecule has 1 aliphatic rings. The predicted molar refractivity (Wildman–Crippen MR) is 122 cm³/mol. The van der Waals surface area contributed by atoms with E-state index >= 15 is 0 Å². The monoisotopic (exact) mass is 441 g/mol. The van der Waals surface area contributed by atoms with Gasteiger partial charge in [-0.15, -0.1) is 0 Å². The second kappa shape index (κ2) is 10.7. The van der Waals surface area contributed by atoms with Crippen molar-refractivity contribution in [2.45, 2.75) is 13.0 Å². The first-order chi connectivity index (χ1) is 15.3. The van der Waals surface area contributed by atoms with Gasteiger partial charge in [-0.2, -0.15) is 0 Å². The van der Waals surface area contributed by atoms with Crippen LogP contribution in [-0.4, -0.2) is 67.6 Å². The molecule has 2 amide bonds. The van der Waals surface area contributed by atoms with E-state index in [1.807, 2.05) is 24.3 Å². The van der Waals surface area contributed by atoms with E-state index in [9.17, 15) is 19.7 Å². The summed E-state index contributed by atoms with van der Waals surface area (Å²) >= 11 is 0. The van der Waals surface area contributed by atoms with E-state index < -0.39 is 11.0 Å². The Labute approximate surface area is 186 Å². The fourth-order valence-electron chi connectivity index (χ4n) is 3.25. The van der Waals surface area contributed by atoms with Crippen molar-refractivity contribution in [2.75, 3.05) is 55.4 Å². The third-order valence-electron chi connectivity index (χ3n) is 5.31. The van der Waals surface area contributed by atoms with Crippen LogP contribution in [0, 0.1) is 10.1 Å². The minimum absolute atomic E-state index is 0.0278. The molecule has 170 valence electrons. The molecule has 1 aliphatic heterocycles. The summed E-state index contributed by atoms with van der Waals surface area (Å²) in [6.07, 6.45) is 0. The summed E-state index contributed by atoms with van der Waals surface area (Å²) in [4.78, 5) is 39.0. The van der Waals surface area contributed by atoms with Crippen LogP contribution in [0.1, 0.15) is 6.92 Å². The Morgan fingerprint density at radius 2 is 1.62 bits per heavy atom.